The first kappa shape index (κ1) is 19.2. The van der Waals surface area contributed by atoms with E-state index in [2.05, 4.69) is 6.92 Å². The van der Waals surface area contributed by atoms with Crippen molar-refractivity contribution >= 4 is 22.8 Å². The Morgan fingerprint density at radius 2 is 2.11 bits per heavy atom. The van der Waals surface area contributed by atoms with Gasteiger partial charge in [0.05, 0.1) is 17.7 Å². The summed E-state index contributed by atoms with van der Waals surface area (Å²) >= 11 is 0. The summed E-state index contributed by atoms with van der Waals surface area (Å²) in [6.07, 6.45) is 7.18. The Labute approximate surface area is 158 Å². The average Bonchev–Trinajstić information content (AvgIpc) is 3.47. The third-order valence-corrected chi connectivity index (χ3v) is 4.87. The largest absolute Gasteiger partial charge is 0.491 e. The van der Waals surface area contributed by atoms with Crippen LogP contribution in [0.15, 0.2) is 29.1 Å². The first-order valence-corrected chi connectivity index (χ1v) is 9.55. The lowest BCUT2D eigenvalue weighted by molar-refractivity contribution is -0.113. The van der Waals surface area contributed by atoms with E-state index in [1.165, 1.54) is 6.08 Å². The van der Waals surface area contributed by atoms with Crippen molar-refractivity contribution in [2.75, 3.05) is 6.61 Å². The molecule has 0 spiro atoms. The summed E-state index contributed by atoms with van der Waals surface area (Å²) in [4.78, 5) is 24.1. The third kappa shape index (κ3) is 4.39. The zero-order valence-corrected chi connectivity index (χ0v) is 15.7. The Morgan fingerprint density at radius 1 is 1.33 bits per heavy atom. The Balaban J connectivity index is 2.17. The van der Waals surface area contributed by atoms with Gasteiger partial charge in [-0.1, -0.05) is 19.4 Å². The van der Waals surface area contributed by atoms with E-state index in [1.807, 2.05) is 12.1 Å². The smallest absolute Gasteiger partial charge is 0.258 e. The average molecular weight is 369 g/mol. The van der Waals surface area contributed by atoms with Crippen LogP contribution in [-0.2, 0) is 17.9 Å². The predicted octanol–water partition coefficient (Wildman–Crippen LogP) is 2.55. The molecule has 0 bridgehead atoms. The Kier molecular flexibility index (Phi) is 5.96. The van der Waals surface area contributed by atoms with E-state index in [9.17, 15) is 9.59 Å². The number of rotatable bonds is 9. The number of aromatic nitrogens is 1. The Bertz CT molecular complexity index is 926. The highest BCUT2D eigenvalue weighted by atomic mass is 16.5. The molecule has 0 saturated heterocycles. The fourth-order valence-corrected chi connectivity index (χ4v) is 3.20. The van der Waals surface area contributed by atoms with Gasteiger partial charge in [0.2, 0.25) is 5.91 Å². The van der Waals surface area contributed by atoms with Crippen molar-refractivity contribution < 1.29 is 9.53 Å². The number of nitrogens with two attached hydrogens (primary N) is 2. The molecule has 0 unspecified atom stereocenters. The molecular formula is C21H27N3O3. The fourth-order valence-electron chi connectivity index (χ4n) is 3.20. The van der Waals surface area contributed by atoms with Crippen molar-refractivity contribution in [1.29, 1.82) is 0 Å². The van der Waals surface area contributed by atoms with Crippen LogP contribution in [0.2, 0.25) is 0 Å². The lowest BCUT2D eigenvalue weighted by Gasteiger charge is -2.19. The first-order chi connectivity index (χ1) is 13.0. The molecule has 144 valence electrons. The normalized spacial score (nSPS) is 14.1. The zero-order valence-electron chi connectivity index (χ0n) is 15.7. The van der Waals surface area contributed by atoms with Gasteiger partial charge in [-0.25, -0.2) is 0 Å². The van der Waals surface area contributed by atoms with Crippen molar-refractivity contribution in [3.63, 3.8) is 0 Å². The number of hydrogen-bond acceptors (Lipinski definition) is 4. The summed E-state index contributed by atoms with van der Waals surface area (Å²) < 4.78 is 7.90. The number of ether oxygens (including phenoxy) is 1. The maximum Gasteiger partial charge on any atom is 0.258 e. The highest BCUT2D eigenvalue weighted by Crippen LogP contribution is 2.34. The molecule has 1 aliphatic carbocycles. The van der Waals surface area contributed by atoms with Crippen LogP contribution in [-0.4, -0.2) is 17.1 Å². The molecule has 0 atom stereocenters. The van der Waals surface area contributed by atoms with Crippen LogP contribution >= 0.6 is 0 Å². The van der Waals surface area contributed by atoms with Gasteiger partial charge < -0.3 is 20.8 Å². The minimum Gasteiger partial charge on any atom is -0.491 e. The summed E-state index contributed by atoms with van der Waals surface area (Å²) in [5.74, 6) is 0.708. The second-order valence-electron chi connectivity index (χ2n) is 7.08. The van der Waals surface area contributed by atoms with Gasteiger partial charge in [0.25, 0.3) is 5.56 Å². The van der Waals surface area contributed by atoms with Crippen molar-refractivity contribution in [3.05, 3.63) is 45.9 Å². The minimum absolute atomic E-state index is 0.0365. The molecule has 1 amide bonds. The molecule has 6 heteroatoms. The molecule has 0 aliphatic heterocycles. The van der Waals surface area contributed by atoms with Gasteiger partial charge in [-0.3, -0.25) is 9.59 Å². The number of carbonyl (C=O) groups excluding carboxylic acids is 1. The molecule has 0 radical (unpaired) electrons. The van der Waals surface area contributed by atoms with E-state index in [0.29, 0.717) is 30.2 Å². The van der Waals surface area contributed by atoms with Crippen molar-refractivity contribution in [2.24, 2.45) is 17.4 Å². The van der Waals surface area contributed by atoms with Crippen LogP contribution in [0.4, 0.5) is 0 Å². The number of unbranched alkanes of at least 4 members (excludes halogenated alkanes) is 1. The molecule has 1 aromatic carbocycles. The summed E-state index contributed by atoms with van der Waals surface area (Å²) in [5, 5.41) is 1.34. The fraction of sp³-hybridized carbons (Fsp3) is 0.429. The van der Waals surface area contributed by atoms with Crippen LogP contribution in [0, 0.1) is 5.92 Å². The van der Waals surface area contributed by atoms with E-state index in [1.54, 1.807) is 16.7 Å². The lowest BCUT2D eigenvalue weighted by Crippen LogP contribution is -2.27. The second kappa shape index (κ2) is 8.39. The lowest BCUT2D eigenvalue weighted by atomic mass is 10.0. The van der Waals surface area contributed by atoms with Gasteiger partial charge in [-0.15, -0.1) is 0 Å². The van der Waals surface area contributed by atoms with Crippen molar-refractivity contribution in [3.8, 4) is 5.75 Å². The molecular weight excluding hydrogens is 342 g/mol. The molecule has 6 nitrogen and oxygen atoms in total. The van der Waals surface area contributed by atoms with Gasteiger partial charge in [0.15, 0.2) is 0 Å². The highest BCUT2D eigenvalue weighted by molar-refractivity contribution is 5.93. The number of nitrogens with zero attached hydrogens (tertiary/aromatic N) is 1. The van der Waals surface area contributed by atoms with Gasteiger partial charge in [-0.05, 0) is 49.0 Å². The van der Waals surface area contributed by atoms with Crippen molar-refractivity contribution in [2.45, 2.75) is 45.7 Å². The molecule has 1 aliphatic rings. The maximum atomic E-state index is 13.1. The van der Waals surface area contributed by atoms with Gasteiger partial charge in [0, 0.05) is 24.6 Å². The zero-order chi connectivity index (χ0) is 19.4. The Morgan fingerprint density at radius 3 is 2.74 bits per heavy atom. The van der Waals surface area contributed by atoms with E-state index < -0.39 is 5.91 Å². The van der Waals surface area contributed by atoms with E-state index in [4.69, 9.17) is 16.2 Å². The summed E-state index contributed by atoms with van der Waals surface area (Å²) in [6, 6.07) is 5.45. The molecule has 1 fully saturated rings. The first-order valence-electron chi connectivity index (χ1n) is 9.55. The summed E-state index contributed by atoms with van der Waals surface area (Å²) in [6.45, 7) is 3.60. The number of amides is 1. The maximum absolute atomic E-state index is 13.1. The molecule has 2 aromatic rings. The van der Waals surface area contributed by atoms with Crippen LogP contribution < -0.4 is 21.8 Å². The second-order valence-corrected chi connectivity index (χ2v) is 7.08. The number of hydrogen-bond donors (Lipinski definition) is 2. The summed E-state index contributed by atoms with van der Waals surface area (Å²) in [7, 11) is 0. The van der Waals surface area contributed by atoms with Crippen molar-refractivity contribution in [1.82, 2.24) is 4.57 Å². The number of carbonyl (C=O) groups is 1. The van der Waals surface area contributed by atoms with Crippen LogP contribution in [0.1, 0.15) is 43.9 Å². The van der Waals surface area contributed by atoms with Crippen LogP contribution in [0.5, 0.6) is 5.75 Å². The molecule has 1 aromatic heterocycles. The standard InChI is InChI=1S/C21H27N3O3/c1-2-3-10-27-20-17-11-14(7-9-19(23)25)6-8-16(17)21(26)24(18(20)12-22)13-15-4-5-15/h6-9,11,15H,2-5,10,12-13,22H2,1H3,(H2,23,25). The highest BCUT2D eigenvalue weighted by Gasteiger charge is 2.25. The van der Waals surface area contributed by atoms with Crippen LogP contribution in [0.25, 0.3) is 16.8 Å². The van der Waals surface area contributed by atoms with Crippen LogP contribution in [0.3, 0.4) is 0 Å². The van der Waals surface area contributed by atoms with Gasteiger partial charge in [-0.2, -0.15) is 0 Å². The number of fused-ring (bicyclic) bond motifs is 1. The van der Waals surface area contributed by atoms with Gasteiger partial charge >= 0.3 is 0 Å². The molecule has 4 N–H and O–H groups in total. The predicted molar refractivity (Wildman–Crippen MR) is 107 cm³/mol. The van der Waals surface area contributed by atoms with E-state index >= 15 is 0 Å². The molecule has 3 rings (SSSR count). The van der Waals surface area contributed by atoms with E-state index in [-0.39, 0.29) is 12.1 Å². The molecule has 1 heterocycles. The minimum atomic E-state index is -0.517. The SMILES string of the molecule is CCCCOc1c(CN)n(CC2CC2)c(=O)c2ccc(C=CC(N)=O)cc12. The monoisotopic (exact) mass is 369 g/mol. The Hall–Kier alpha value is -2.60. The molecule has 1 saturated carbocycles. The topological polar surface area (TPSA) is 100 Å². The number of benzene rings is 1. The quantitative estimate of drug-likeness (QED) is 0.524. The molecule has 27 heavy (non-hydrogen) atoms. The third-order valence-electron chi connectivity index (χ3n) is 4.87. The van der Waals surface area contributed by atoms with Gasteiger partial charge in [0.1, 0.15) is 5.75 Å². The number of primary amides is 1. The number of pyridine rings is 1. The van der Waals surface area contributed by atoms with E-state index in [0.717, 1.165) is 42.3 Å². The summed E-state index contributed by atoms with van der Waals surface area (Å²) in [5.41, 5.74) is 12.7.